The Bertz CT molecular complexity index is 1010. The molecule has 2 fully saturated rings. The Balaban J connectivity index is 0.00000144. The smallest absolute Gasteiger partial charge is 0.0838 e. The Labute approximate surface area is 231 Å². The molecule has 1 aromatic carbocycles. The van der Waals surface area contributed by atoms with Gasteiger partial charge >= 0.3 is 0 Å². The second kappa shape index (κ2) is 15.2. The van der Waals surface area contributed by atoms with Crippen LogP contribution in [0.15, 0.2) is 41.8 Å². The van der Waals surface area contributed by atoms with Crippen LogP contribution >= 0.6 is 48.6 Å². The molecule has 0 radical (unpaired) electrons. The summed E-state index contributed by atoms with van der Waals surface area (Å²) in [5.74, 6) is 0. The number of rotatable bonds is 8. The van der Waals surface area contributed by atoms with Gasteiger partial charge in [-0.05, 0) is 62.0 Å². The predicted octanol–water partition coefficient (Wildman–Crippen LogP) is 6.35. The lowest BCUT2D eigenvalue weighted by Gasteiger charge is -2.26. The van der Waals surface area contributed by atoms with Crippen LogP contribution in [0, 0.1) is 0 Å². The highest BCUT2D eigenvalue weighted by Gasteiger charge is 2.13. The first-order valence-corrected chi connectivity index (χ1v) is 13.0. The maximum Gasteiger partial charge on any atom is 0.0838 e. The van der Waals surface area contributed by atoms with Crippen LogP contribution in [0.25, 0.3) is 21.5 Å². The highest BCUT2D eigenvalue weighted by molar-refractivity contribution is 7.17. The molecular formula is C26H37Cl3N4OS. The zero-order valence-corrected chi connectivity index (χ0v) is 23.4. The third-order valence-electron chi connectivity index (χ3n) is 6.59. The molecule has 194 valence electrons. The monoisotopic (exact) mass is 558 g/mol. The van der Waals surface area contributed by atoms with E-state index in [4.69, 9.17) is 9.72 Å². The van der Waals surface area contributed by atoms with Crippen molar-refractivity contribution in [1.82, 2.24) is 14.8 Å². The number of pyridine rings is 1. The van der Waals surface area contributed by atoms with Crippen molar-refractivity contribution in [3.8, 4) is 11.3 Å². The maximum atomic E-state index is 5.46. The van der Waals surface area contributed by atoms with Crippen LogP contribution in [0.4, 0.5) is 5.69 Å². The molecule has 0 saturated carbocycles. The van der Waals surface area contributed by atoms with Crippen LogP contribution < -0.4 is 5.32 Å². The van der Waals surface area contributed by atoms with Gasteiger partial charge in [0.15, 0.2) is 0 Å². The van der Waals surface area contributed by atoms with E-state index in [1.807, 2.05) is 0 Å². The van der Waals surface area contributed by atoms with E-state index in [2.05, 4.69) is 56.9 Å². The number of benzene rings is 1. The van der Waals surface area contributed by atoms with Crippen molar-refractivity contribution < 1.29 is 4.74 Å². The highest BCUT2D eigenvalue weighted by atomic mass is 35.5. The van der Waals surface area contributed by atoms with E-state index in [-0.39, 0.29) is 37.2 Å². The number of anilines is 1. The summed E-state index contributed by atoms with van der Waals surface area (Å²) in [6, 6.07) is 13.3. The Morgan fingerprint density at radius 1 is 0.886 bits per heavy atom. The number of morpholine rings is 1. The molecule has 2 aliphatic heterocycles. The first-order chi connectivity index (χ1) is 15.8. The number of thiophene rings is 1. The molecule has 3 aromatic rings. The number of piperidine rings is 1. The summed E-state index contributed by atoms with van der Waals surface area (Å²) in [6.45, 7) is 9.47. The molecule has 4 heterocycles. The number of fused-ring (bicyclic) bond motifs is 1. The standard InChI is InChI=1S/C26H34N4OS.3ClH/c1-2-11-29(12-3-1)13-4-10-27-25-19-24(28-23-9-18-32-26(23)25)22-7-5-21(6-8-22)20-30-14-16-31-17-15-30;;;/h5-9,18-19H,1-4,10-17,20H2,(H,27,28);3*1H. The van der Waals surface area contributed by atoms with Gasteiger partial charge in [0.25, 0.3) is 0 Å². The molecule has 2 aliphatic rings. The third-order valence-corrected chi connectivity index (χ3v) is 7.52. The van der Waals surface area contributed by atoms with Crippen molar-refractivity contribution in [3.63, 3.8) is 0 Å². The van der Waals surface area contributed by atoms with Crippen molar-refractivity contribution in [1.29, 1.82) is 0 Å². The molecule has 2 saturated heterocycles. The minimum absolute atomic E-state index is 0. The molecule has 5 nitrogen and oxygen atoms in total. The SMILES string of the molecule is Cl.Cl.Cl.c1cc2nc(-c3ccc(CN4CCOCC4)cc3)cc(NCCCN3CCCCC3)c2s1. The average molecular weight is 560 g/mol. The van der Waals surface area contributed by atoms with Gasteiger partial charge in [0.05, 0.1) is 34.8 Å². The van der Waals surface area contributed by atoms with Crippen molar-refractivity contribution in [2.24, 2.45) is 0 Å². The van der Waals surface area contributed by atoms with Crippen molar-refractivity contribution in [2.45, 2.75) is 32.2 Å². The number of likely N-dealkylation sites (tertiary alicyclic amines) is 1. The molecule has 1 N–H and O–H groups in total. The molecule has 0 aliphatic carbocycles. The fourth-order valence-corrected chi connectivity index (χ4v) is 5.57. The van der Waals surface area contributed by atoms with Crippen molar-refractivity contribution in [3.05, 3.63) is 47.3 Å². The van der Waals surface area contributed by atoms with Crippen LogP contribution in [0.1, 0.15) is 31.2 Å². The van der Waals surface area contributed by atoms with Gasteiger partial charge in [-0.3, -0.25) is 4.90 Å². The number of nitrogens with zero attached hydrogens (tertiary/aromatic N) is 3. The van der Waals surface area contributed by atoms with E-state index in [1.54, 1.807) is 11.3 Å². The highest BCUT2D eigenvalue weighted by Crippen LogP contribution is 2.32. The molecule has 5 rings (SSSR count). The van der Waals surface area contributed by atoms with Gasteiger partial charge in [0.1, 0.15) is 0 Å². The number of hydrogen-bond donors (Lipinski definition) is 1. The van der Waals surface area contributed by atoms with Crippen molar-refractivity contribution in [2.75, 3.05) is 57.8 Å². The largest absolute Gasteiger partial charge is 0.384 e. The zero-order valence-electron chi connectivity index (χ0n) is 20.1. The number of nitrogens with one attached hydrogen (secondary N) is 1. The molecule has 9 heteroatoms. The van der Waals surface area contributed by atoms with Gasteiger partial charge in [-0.25, -0.2) is 4.98 Å². The number of ether oxygens (including phenoxy) is 1. The predicted molar refractivity (Wildman–Crippen MR) is 156 cm³/mol. The van der Waals surface area contributed by atoms with Crippen LogP contribution in [-0.2, 0) is 11.3 Å². The lowest BCUT2D eigenvalue weighted by molar-refractivity contribution is 0.0342. The van der Waals surface area contributed by atoms with E-state index in [9.17, 15) is 0 Å². The second-order valence-electron chi connectivity index (χ2n) is 8.96. The number of hydrogen-bond acceptors (Lipinski definition) is 6. The summed E-state index contributed by atoms with van der Waals surface area (Å²) in [5, 5.41) is 5.86. The normalized spacial score (nSPS) is 16.7. The van der Waals surface area contributed by atoms with Gasteiger partial charge in [0.2, 0.25) is 0 Å². The minimum atomic E-state index is 0. The Hall–Kier alpha value is -1.12. The molecule has 2 aromatic heterocycles. The van der Waals surface area contributed by atoms with Gasteiger partial charge in [-0.2, -0.15) is 0 Å². The summed E-state index contributed by atoms with van der Waals surface area (Å²) in [6.07, 6.45) is 5.31. The van der Waals surface area contributed by atoms with Crippen LogP contribution in [0.5, 0.6) is 0 Å². The van der Waals surface area contributed by atoms with Crippen LogP contribution in [0.2, 0.25) is 0 Å². The van der Waals surface area contributed by atoms with Gasteiger partial charge in [-0.15, -0.1) is 48.6 Å². The molecule has 0 atom stereocenters. The summed E-state index contributed by atoms with van der Waals surface area (Å²) in [4.78, 5) is 10.0. The Morgan fingerprint density at radius 3 is 2.37 bits per heavy atom. The summed E-state index contributed by atoms with van der Waals surface area (Å²) in [5.41, 5.74) is 5.88. The van der Waals surface area contributed by atoms with Gasteiger partial charge in [-0.1, -0.05) is 30.7 Å². The lowest BCUT2D eigenvalue weighted by Crippen LogP contribution is -2.35. The fourth-order valence-electron chi connectivity index (χ4n) is 4.74. The molecule has 0 amide bonds. The van der Waals surface area contributed by atoms with E-state index in [1.165, 1.54) is 66.8 Å². The maximum absolute atomic E-state index is 5.46. The quantitative estimate of drug-likeness (QED) is 0.326. The van der Waals surface area contributed by atoms with Gasteiger partial charge < -0.3 is 15.0 Å². The number of halogens is 3. The van der Waals surface area contributed by atoms with E-state index in [0.29, 0.717) is 0 Å². The Kier molecular flexibility index (Phi) is 13.1. The van der Waals surface area contributed by atoms with E-state index in [0.717, 1.165) is 50.6 Å². The molecule has 0 bridgehead atoms. The number of aromatic nitrogens is 1. The second-order valence-corrected chi connectivity index (χ2v) is 9.87. The third kappa shape index (κ3) is 8.19. The minimum Gasteiger partial charge on any atom is -0.384 e. The van der Waals surface area contributed by atoms with Crippen molar-refractivity contribution >= 4 is 64.5 Å². The summed E-state index contributed by atoms with van der Waals surface area (Å²) >= 11 is 1.77. The molecule has 0 unspecified atom stereocenters. The first-order valence-electron chi connectivity index (χ1n) is 12.1. The summed E-state index contributed by atoms with van der Waals surface area (Å²) in [7, 11) is 0. The fraction of sp³-hybridized carbons (Fsp3) is 0.500. The van der Waals surface area contributed by atoms with E-state index < -0.39 is 0 Å². The zero-order chi connectivity index (χ0) is 21.6. The molecule has 35 heavy (non-hydrogen) atoms. The Morgan fingerprint density at radius 2 is 1.63 bits per heavy atom. The van der Waals surface area contributed by atoms with Crippen LogP contribution in [0.3, 0.4) is 0 Å². The summed E-state index contributed by atoms with van der Waals surface area (Å²) < 4.78 is 6.72. The van der Waals surface area contributed by atoms with E-state index >= 15 is 0 Å². The first kappa shape index (κ1) is 30.1. The van der Waals surface area contributed by atoms with Gasteiger partial charge in [0, 0.05) is 31.7 Å². The molecule has 0 spiro atoms. The molecular weight excluding hydrogens is 523 g/mol. The van der Waals surface area contributed by atoms with Crippen LogP contribution in [-0.4, -0.2) is 67.3 Å². The topological polar surface area (TPSA) is 40.6 Å². The lowest BCUT2D eigenvalue weighted by atomic mass is 10.1. The average Bonchev–Trinajstić information content (AvgIpc) is 3.33.